The van der Waals surface area contributed by atoms with E-state index in [2.05, 4.69) is 6.92 Å². The van der Waals surface area contributed by atoms with E-state index in [1.165, 1.54) is 13.2 Å². The molecule has 2 N–H and O–H groups in total. The highest BCUT2D eigenvalue weighted by atomic mass is 16.5. The van der Waals surface area contributed by atoms with Crippen LogP contribution < -0.4 is 4.74 Å². The van der Waals surface area contributed by atoms with Gasteiger partial charge in [0.2, 0.25) is 5.75 Å². The topological polar surface area (TPSA) is 49.7 Å². The summed E-state index contributed by atoms with van der Waals surface area (Å²) in [6, 6.07) is 3.10. The Balaban J connectivity index is 3.25. The van der Waals surface area contributed by atoms with Crippen molar-refractivity contribution in [1.82, 2.24) is 0 Å². The molecule has 3 heteroatoms. The van der Waals surface area contributed by atoms with Crippen molar-refractivity contribution in [2.75, 3.05) is 7.11 Å². The highest BCUT2D eigenvalue weighted by Gasteiger charge is 2.08. The molecule has 0 fully saturated rings. The molecule has 0 aliphatic rings. The van der Waals surface area contributed by atoms with Crippen LogP contribution in [-0.2, 0) is 0 Å². The molecule has 1 aromatic rings. The maximum absolute atomic E-state index is 9.16. The minimum Gasteiger partial charge on any atom is -0.504 e. The zero-order valence-corrected chi connectivity index (χ0v) is 6.16. The summed E-state index contributed by atoms with van der Waals surface area (Å²) in [4.78, 5) is 0. The van der Waals surface area contributed by atoms with Crippen molar-refractivity contribution in [2.24, 2.45) is 0 Å². The second kappa shape index (κ2) is 2.70. The van der Waals surface area contributed by atoms with Crippen LogP contribution in [0.15, 0.2) is 12.1 Å². The summed E-state index contributed by atoms with van der Waals surface area (Å²) in [6.45, 7) is 3.49. The molecule has 0 saturated heterocycles. The minimum absolute atomic E-state index is 0.232. The van der Waals surface area contributed by atoms with E-state index in [0.717, 1.165) is 0 Å². The first-order chi connectivity index (χ1) is 5.16. The average molecular weight is 153 g/mol. The summed E-state index contributed by atoms with van der Waals surface area (Å²) in [5.41, 5.74) is 0.378. The van der Waals surface area contributed by atoms with Gasteiger partial charge in [0.15, 0.2) is 11.5 Å². The summed E-state index contributed by atoms with van der Waals surface area (Å²) in [5.74, 6) is -0.251. The number of methoxy groups -OCH3 is 1. The average Bonchev–Trinajstić information content (AvgIpc) is 2.01. The fourth-order valence-corrected chi connectivity index (χ4v) is 0.768. The minimum atomic E-state index is -0.264. The van der Waals surface area contributed by atoms with Gasteiger partial charge in [-0.2, -0.15) is 0 Å². The van der Waals surface area contributed by atoms with Crippen LogP contribution >= 0.6 is 0 Å². The van der Waals surface area contributed by atoms with E-state index in [0.29, 0.717) is 5.56 Å². The third-order valence-corrected chi connectivity index (χ3v) is 1.42. The van der Waals surface area contributed by atoms with Crippen LogP contribution in [0, 0.1) is 6.92 Å². The van der Waals surface area contributed by atoms with Crippen LogP contribution in [0.3, 0.4) is 0 Å². The predicted molar refractivity (Wildman–Crippen MR) is 40.8 cm³/mol. The zero-order valence-electron chi connectivity index (χ0n) is 6.16. The largest absolute Gasteiger partial charge is 0.504 e. The molecular formula is C8H9O3. The third-order valence-electron chi connectivity index (χ3n) is 1.42. The van der Waals surface area contributed by atoms with Gasteiger partial charge in [-0.3, -0.25) is 0 Å². The monoisotopic (exact) mass is 153 g/mol. The Bertz CT molecular complexity index is 268. The number of benzene rings is 1. The van der Waals surface area contributed by atoms with E-state index in [1.807, 2.05) is 0 Å². The molecule has 0 aliphatic carbocycles. The molecule has 0 amide bonds. The normalized spacial score (nSPS) is 9.64. The zero-order chi connectivity index (χ0) is 8.43. The van der Waals surface area contributed by atoms with E-state index in [4.69, 9.17) is 14.9 Å². The van der Waals surface area contributed by atoms with Crippen LogP contribution in [0.4, 0.5) is 0 Å². The first kappa shape index (κ1) is 7.72. The van der Waals surface area contributed by atoms with Crippen LogP contribution in [0.5, 0.6) is 17.2 Å². The van der Waals surface area contributed by atoms with Gasteiger partial charge in [-0.1, -0.05) is 6.07 Å². The molecule has 59 valence electrons. The highest BCUT2D eigenvalue weighted by molar-refractivity contribution is 5.54. The molecule has 1 radical (unpaired) electrons. The Labute approximate surface area is 64.9 Å². The van der Waals surface area contributed by atoms with E-state index >= 15 is 0 Å². The van der Waals surface area contributed by atoms with Gasteiger partial charge >= 0.3 is 0 Å². The maximum Gasteiger partial charge on any atom is 0.200 e. The fraction of sp³-hybridized carbons (Fsp3) is 0.125. The first-order valence-electron chi connectivity index (χ1n) is 3.07. The third kappa shape index (κ3) is 1.22. The van der Waals surface area contributed by atoms with Crippen LogP contribution in [0.25, 0.3) is 0 Å². The summed E-state index contributed by atoms with van der Waals surface area (Å²) in [5, 5.41) is 18.3. The molecule has 0 heterocycles. The Morgan fingerprint density at radius 1 is 1.27 bits per heavy atom. The molecule has 3 nitrogen and oxygen atoms in total. The van der Waals surface area contributed by atoms with Crippen molar-refractivity contribution >= 4 is 0 Å². The molecule has 11 heavy (non-hydrogen) atoms. The van der Waals surface area contributed by atoms with Gasteiger partial charge in [0.1, 0.15) is 0 Å². The maximum atomic E-state index is 9.16. The lowest BCUT2D eigenvalue weighted by atomic mass is 10.2. The van der Waals surface area contributed by atoms with Crippen molar-refractivity contribution in [3.63, 3.8) is 0 Å². The van der Waals surface area contributed by atoms with Crippen LogP contribution in [-0.4, -0.2) is 17.3 Å². The van der Waals surface area contributed by atoms with Crippen molar-refractivity contribution in [1.29, 1.82) is 0 Å². The lowest BCUT2D eigenvalue weighted by Crippen LogP contribution is -1.84. The number of hydrogen-bond acceptors (Lipinski definition) is 3. The van der Waals surface area contributed by atoms with Gasteiger partial charge in [0.25, 0.3) is 0 Å². The Kier molecular flexibility index (Phi) is 1.89. The van der Waals surface area contributed by atoms with Gasteiger partial charge < -0.3 is 14.9 Å². The lowest BCUT2D eigenvalue weighted by Gasteiger charge is -2.05. The number of phenolic OH excluding ortho intramolecular Hbond substituents is 2. The Morgan fingerprint density at radius 2 is 1.91 bits per heavy atom. The molecule has 0 spiro atoms. The van der Waals surface area contributed by atoms with E-state index < -0.39 is 0 Å². The highest BCUT2D eigenvalue weighted by Crippen LogP contribution is 2.36. The molecule has 0 aliphatic heterocycles. The number of ether oxygens (including phenoxy) is 1. The molecule has 0 bridgehead atoms. The smallest absolute Gasteiger partial charge is 0.200 e. The molecule has 0 atom stereocenters. The number of phenols is 2. The molecule has 0 unspecified atom stereocenters. The second-order valence-electron chi connectivity index (χ2n) is 2.12. The molecular weight excluding hydrogens is 144 g/mol. The van der Waals surface area contributed by atoms with Gasteiger partial charge in [-0.25, -0.2) is 0 Å². The van der Waals surface area contributed by atoms with E-state index in [-0.39, 0.29) is 17.2 Å². The van der Waals surface area contributed by atoms with Crippen LogP contribution in [0.2, 0.25) is 0 Å². The number of hydrogen-bond donors (Lipinski definition) is 2. The van der Waals surface area contributed by atoms with Gasteiger partial charge in [0.05, 0.1) is 7.11 Å². The molecule has 1 aromatic carbocycles. The quantitative estimate of drug-likeness (QED) is 0.597. The summed E-state index contributed by atoms with van der Waals surface area (Å²) in [7, 11) is 1.41. The van der Waals surface area contributed by atoms with Gasteiger partial charge in [-0.15, -0.1) is 0 Å². The number of rotatable bonds is 1. The van der Waals surface area contributed by atoms with Crippen molar-refractivity contribution in [3.8, 4) is 17.2 Å². The second-order valence-corrected chi connectivity index (χ2v) is 2.12. The fourth-order valence-electron chi connectivity index (χ4n) is 0.768. The van der Waals surface area contributed by atoms with E-state index in [1.54, 1.807) is 6.07 Å². The molecule has 0 aromatic heterocycles. The first-order valence-corrected chi connectivity index (χ1v) is 3.07. The van der Waals surface area contributed by atoms with E-state index in [9.17, 15) is 0 Å². The van der Waals surface area contributed by atoms with Crippen molar-refractivity contribution in [3.05, 3.63) is 24.6 Å². The Morgan fingerprint density at radius 3 is 2.45 bits per heavy atom. The summed E-state index contributed by atoms with van der Waals surface area (Å²) in [6.07, 6.45) is 0. The van der Waals surface area contributed by atoms with Gasteiger partial charge in [-0.05, 0) is 18.6 Å². The predicted octanol–water partition coefficient (Wildman–Crippen LogP) is 1.29. The molecule has 0 saturated carbocycles. The van der Waals surface area contributed by atoms with Gasteiger partial charge in [0, 0.05) is 0 Å². The Hall–Kier alpha value is -1.38. The van der Waals surface area contributed by atoms with Crippen molar-refractivity contribution in [2.45, 2.75) is 0 Å². The molecule has 1 rings (SSSR count). The lowest BCUT2D eigenvalue weighted by molar-refractivity contribution is 0.350. The SMILES string of the molecule is [CH2]c1ccc(OC)c(O)c1O. The summed E-state index contributed by atoms with van der Waals surface area (Å²) >= 11 is 0. The summed E-state index contributed by atoms with van der Waals surface area (Å²) < 4.78 is 4.74. The van der Waals surface area contributed by atoms with Crippen LogP contribution in [0.1, 0.15) is 5.56 Å². The number of aromatic hydroxyl groups is 2. The van der Waals surface area contributed by atoms with Crippen molar-refractivity contribution < 1.29 is 14.9 Å². The standard InChI is InChI=1S/C8H9O3/c1-5-3-4-6(11-2)8(10)7(5)9/h3-4,9-10H,1H2,2H3.